The highest BCUT2D eigenvalue weighted by Crippen LogP contribution is 2.23. The van der Waals surface area contributed by atoms with Crippen LogP contribution in [0.3, 0.4) is 0 Å². The van der Waals surface area contributed by atoms with Gasteiger partial charge in [0.05, 0.1) is 13.2 Å². The average molecular weight is 340 g/mol. The number of nitrogens with one attached hydrogen (secondary N) is 1. The first-order valence-electron chi connectivity index (χ1n) is 8.61. The second-order valence-corrected chi connectivity index (χ2v) is 6.63. The van der Waals surface area contributed by atoms with Crippen LogP contribution in [0, 0.1) is 0 Å². The monoisotopic (exact) mass is 340 g/mol. The fraction of sp³-hybridized carbons (Fsp3) is 0.412. The molecule has 3 heterocycles. The van der Waals surface area contributed by atoms with Crippen LogP contribution in [-0.2, 0) is 6.54 Å². The Hall–Kier alpha value is -2.16. The fourth-order valence-electron chi connectivity index (χ4n) is 3.41. The van der Waals surface area contributed by atoms with Crippen LogP contribution in [0.5, 0.6) is 0 Å². The van der Waals surface area contributed by atoms with Gasteiger partial charge < -0.3 is 14.5 Å². The van der Waals surface area contributed by atoms with Crippen molar-refractivity contribution >= 4 is 35.4 Å². The lowest BCUT2D eigenvalue weighted by molar-refractivity contribution is 0.107. The van der Waals surface area contributed by atoms with Gasteiger partial charge in [-0.25, -0.2) is 4.98 Å². The summed E-state index contributed by atoms with van der Waals surface area (Å²) in [5.74, 6) is 0.664. The van der Waals surface area contributed by atoms with Gasteiger partial charge in [0, 0.05) is 38.1 Å². The number of rotatable bonds is 4. The van der Waals surface area contributed by atoms with Crippen LogP contribution in [0.4, 0.5) is 0 Å². The number of aliphatic hydroxyl groups is 1. The molecule has 25 heavy (non-hydrogen) atoms. The van der Waals surface area contributed by atoms with Crippen molar-refractivity contribution in [2.24, 2.45) is 0 Å². The summed E-state index contributed by atoms with van der Waals surface area (Å²) >= 11 is 0. The van der Waals surface area contributed by atoms with Crippen LogP contribution in [0.15, 0.2) is 27.4 Å². The van der Waals surface area contributed by atoms with E-state index in [2.05, 4.69) is 19.8 Å². The first-order valence-corrected chi connectivity index (χ1v) is 8.61. The Morgan fingerprint density at radius 1 is 1.24 bits per heavy atom. The third-order valence-electron chi connectivity index (χ3n) is 4.78. The van der Waals surface area contributed by atoms with Gasteiger partial charge >= 0.3 is 0 Å². The number of hydrogen-bond acceptors (Lipinski definition) is 6. The van der Waals surface area contributed by atoms with E-state index in [1.54, 1.807) is 0 Å². The Morgan fingerprint density at radius 3 is 2.76 bits per heavy atom. The van der Waals surface area contributed by atoms with Gasteiger partial charge in [0.15, 0.2) is 0 Å². The fourth-order valence-corrected chi connectivity index (χ4v) is 3.41. The van der Waals surface area contributed by atoms with Crippen LogP contribution in [0.2, 0.25) is 0 Å². The lowest BCUT2D eigenvalue weighted by Gasteiger charge is -2.33. The van der Waals surface area contributed by atoms with E-state index in [-0.39, 0.29) is 17.7 Å². The number of aromatic nitrogens is 2. The molecular formula is C17H21BN4O3. The summed E-state index contributed by atoms with van der Waals surface area (Å²) in [7, 11) is 2.01. The van der Waals surface area contributed by atoms with Gasteiger partial charge in [-0.3, -0.25) is 14.6 Å². The van der Waals surface area contributed by atoms with Gasteiger partial charge in [0.2, 0.25) is 5.58 Å². The van der Waals surface area contributed by atoms with Crippen molar-refractivity contribution in [3.8, 4) is 0 Å². The van der Waals surface area contributed by atoms with Crippen LogP contribution < -0.4 is 11.0 Å². The highest BCUT2D eigenvalue weighted by molar-refractivity contribution is 6.33. The van der Waals surface area contributed by atoms with Crippen molar-refractivity contribution in [3.63, 3.8) is 0 Å². The van der Waals surface area contributed by atoms with E-state index < -0.39 is 0 Å². The predicted octanol–water partition coefficient (Wildman–Crippen LogP) is -0.962. The Bertz CT molecular complexity index is 960. The lowest BCUT2D eigenvalue weighted by Crippen LogP contribution is -2.46. The molecule has 2 aromatic heterocycles. The minimum absolute atomic E-state index is 0.193. The van der Waals surface area contributed by atoms with E-state index in [0.29, 0.717) is 23.5 Å². The average Bonchev–Trinajstić information content (AvgIpc) is 2.96. The first kappa shape index (κ1) is 16.3. The van der Waals surface area contributed by atoms with Gasteiger partial charge in [-0.05, 0) is 6.07 Å². The first-order chi connectivity index (χ1) is 12.1. The van der Waals surface area contributed by atoms with E-state index in [1.807, 2.05) is 26.0 Å². The highest BCUT2D eigenvalue weighted by atomic mass is 16.3. The number of aromatic amines is 1. The molecule has 7 nitrogen and oxygen atoms in total. The number of fused-ring (bicyclic) bond motifs is 3. The Morgan fingerprint density at radius 2 is 2.00 bits per heavy atom. The largest absolute Gasteiger partial charge is 0.449 e. The molecule has 0 aliphatic carbocycles. The van der Waals surface area contributed by atoms with Crippen LogP contribution in [-0.4, -0.2) is 72.1 Å². The van der Waals surface area contributed by atoms with Crippen molar-refractivity contribution in [1.82, 2.24) is 19.8 Å². The number of furan rings is 1. The van der Waals surface area contributed by atoms with E-state index in [1.165, 1.54) is 0 Å². The normalized spacial score (nSPS) is 16.8. The molecule has 1 aliphatic rings. The van der Waals surface area contributed by atoms with Crippen molar-refractivity contribution < 1.29 is 9.52 Å². The summed E-state index contributed by atoms with van der Waals surface area (Å²) in [5.41, 5.74) is 2.49. The van der Waals surface area contributed by atoms with E-state index in [4.69, 9.17) is 9.52 Å². The summed E-state index contributed by atoms with van der Waals surface area (Å²) in [5, 5.41) is 9.91. The second-order valence-electron chi connectivity index (χ2n) is 6.63. The predicted molar refractivity (Wildman–Crippen MR) is 99.1 cm³/mol. The van der Waals surface area contributed by atoms with Gasteiger partial charge in [0.25, 0.3) is 5.56 Å². The molecule has 0 spiro atoms. The molecule has 1 fully saturated rings. The molecule has 0 saturated carbocycles. The molecule has 0 unspecified atom stereocenters. The molecule has 130 valence electrons. The molecule has 0 bridgehead atoms. The SMILES string of the molecule is Bc1ccc2oc3c(=O)[nH]c(CN4CCN(CCO)CC4)nc3c2c1. The molecule has 0 atom stereocenters. The molecule has 2 N–H and O–H groups in total. The molecule has 0 amide bonds. The highest BCUT2D eigenvalue weighted by Gasteiger charge is 2.19. The summed E-state index contributed by atoms with van der Waals surface area (Å²) < 4.78 is 5.67. The van der Waals surface area contributed by atoms with Gasteiger partial charge in [-0.15, -0.1) is 0 Å². The van der Waals surface area contributed by atoms with E-state index in [9.17, 15) is 4.79 Å². The molecule has 3 aromatic rings. The van der Waals surface area contributed by atoms with Gasteiger partial charge in [0.1, 0.15) is 24.8 Å². The third-order valence-corrected chi connectivity index (χ3v) is 4.78. The molecule has 8 heteroatoms. The van der Waals surface area contributed by atoms with Gasteiger partial charge in [-0.2, -0.15) is 0 Å². The van der Waals surface area contributed by atoms with Crippen molar-refractivity contribution in [2.45, 2.75) is 6.54 Å². The molecule has 1 aromatic carbocycles. The van der Waals surface area contributed by atoms with Crippen molar-refractivity contribution in [1.29, 1.82) is 0 Å². The number of benzene rings is 1. The standard InChI is InChI=1S/C17H21BN4O3/c18-11-1-2-13-12(9-11)15-16(25-13)17(24)20-14(19-15)10-22-5-3-21(4-6-22)7-8-23/h1-2,9,23H,3-8,10,18H2,(H,19,20,24). The zero-order valence-electron chi connectivity index (χ0n) is 14.3. The minimum Gasteiger partial charge on any atom is -0.449 e. The Balaban J connectivity index is 1.61. The summed E-state index contributed by atoms with van der Waals surface area (Å²) in [4.78, 5) is 24.4. The summed E-state index contributed by atoms with van der Waals surface area (Å²) in [6.45, 7) is 5.14. The maximum absolute atomic E-state index is 12.4. The Kier molecular flexibility index (Phi) is 4.33. The number of aliphatic hydroxyl groups excluding tert-OH is 1. The third kappa shape index (κ3) is 3.20. The number of hydrogen-bond donors (Lipinski definition) is 2. The maximum Gasteiger partial charge on any atom is 0.294 e. The summed E-state index contributed by atoms with van der Waals surface area (Å²) in [6, 6.07) is 5.85. The molecule has 1 aliphatic heterocycles. The zero-order valence-corrected chi connectivity index (χ0v) is 14.3. The molecule has 4 rings (SSSR count). The van der Waals surface area contributed by atoms with Crippen LogP contribution in [0.1, 0.15) is 5.82 Å². The molecular weight excluding hydrogens is 319 g/mol. The van der Waals surface area contributed by atoms with Crippen LogP contribution >= 0.6 is 0 Å². The molecule has 1 saturated heterocycles. The Labute approximate surface area is 145 Å². The topological polar surface area (TPSA) is 85.6 Å². The number of nitrogens with zero attached hydrogens (tertiary/aromatic N) is 3. The number of piperazine rings is 1. The van der Waals surface area contributed by atoms with Gasteiger partial charge in [-0.1, -0.05) is 17.6 Å². The number of β-amino-alcohol motifs (C(OH)–C–C–N with tert-alkyl or cyclic N) is 1. The quantitative estimate of drug-likeness (QED) is 0.595. The maximum atomic E-state index is 12.4. The second kappa shape index (κ2) is 6.63. The number of H-pyrrole nitrogens is 1. The summed E-state index contributed by atoms with van der Waals surface area (Å²) in [6.07, 6.45) is 0. The zero-order chi connectivity index (χ0) is 17.4. The lowest BCUT2D eigenvalue weighted by atomic mass is 9.95. The van der Waals surface area contributed by atoms with E-state index >= 15 is 0 Å². The molecule has 0 radical (unpaired) electrons. The minimum atomic E-state index is -0.229. The van der Waals surface area contributed by atoms with E-state index in [0.717, 1.165) is 43.6 Å². The van der Waals surface area contributed by atoms with Crippen molar-refractivity contribution in [3.05, 3.63) is 34.4 Å². The van der Waals surface area contributed by atoms with Crippen molar-refractivity contribution in [2.75, 3.05) is 39.3 Å². The van der Waals surface area contributed by atoms with Crippen LogP contribution in [0.25, 0.3) is 22.1 Å². The smallest absolute Gasteiger partial charge is 0.294 e.